The molecule has 172 valence electrons. The van der Waals surface area contributed by atoms with E-state index in [4.69, 9.17) is 17.0 Å². The van der Waals surface area contributed by atoms with Gasteiger partial charge in [0.15, 0.2) is 5.11 Å². The highest BCUT2D eigenvalue weighted by atomic mass is 32.1. The predicted octanol–water partition coefficient (Wildman–Crippen LogP) is 4.91. The fraction of sp³-hybridized carbons (Fsp3) is 0.148. The highest BCUT2D eigenvalue weighted by molar-refractivity contribution is 7.80. The number of carbonyl (C=O) groups is 2. The molecule has 6 nitrogen and oxygen atoms in total. The van der Waals surface area contributed by atoms with Gasteiger partial charge in [0.05, 0.1) is 18.7 Å². The maximum atomic E-state index is 12.7. The molecule has 34 heavy (non-hydrogen) atoms. The Morgan fingerprint density at radius 3 is 2.18 bits per heavy atom. The molecule has 3 aromatic carbocycles. The number of carbonyl (C=O) groups excluding carboxylic acids is 2. The van der Waals surface area contributed by atoms with Crippen molar-refractivity contribution in [2.45, 2.75) is 13.0 Å². The normalized spacial score (nSPS) is 15.6. The van der Waals surface area contributed by atoms with Crippen LogP contribution in [-0.2, 0) is 9.53 Å². The van der Waals surface area contributed by atoms with E-state index in [1.807, 2.05) is 73.7 Å². The summed E-state index contributed by atoms with van der Waals surface area (Å²) in [6, 6.07) is 24.4. The largest absolute Gasteiger partial charge is 0.466 e. The maximum absolute atomic E-state index is 12.7. The molecular weight excluding hydrogens is 446 g/mol. The Labute approximate surface area is 204 Å². The van der Waals surface area contributed by atoms with E-state index >= 15 is 0 Å². The Balaban J connectivity index is 1.50. The molecule has 1 aliphatic heterocycles. The molecule has 1 unspecified atom stereocenters. The molecule has 0 aliphatic carbocycles. The van der Waals surface area contributed by atoms with Crippen molar-refractivity contribution in [2.24, 2.45) is 0 Å². The molecule has 0 aromatic heterocycles. The lowest BCUT2D eigenvalue weighted by Crippen LogP contribution is -2.46. The first-order valence-electron chi connectivity index (χ1n) is 10.8. The first-order chi connectivity index (χ1) is 16.4. The molecule has 1 heterocycles. The fourth-order valence-corrected chi connectivity index (χ4v) is 4.12. The third-order valence-corrected chi connectivity index (χ3v) is 6.31. The van der Waals surface area contributed by atoms with Gasteiger partial charge in [-0.05, 0) is 60.1 Å². The zero-order chi connectivity index (χ0) is 24.2. The summed E-state index contributed by atoms with van der Waals surface area (Å²) in [5.74, 6) is -0.613. The van der Waals surface area contributed by atoms with Crippen LogP contribution >= 0.6 is 12.2 Å². The van der Waals surface area contributed by atoms with Gasteiger partial charge in [0, 0.05) is 24.0 Å². The summed E-state index contributed by atoms with van der Waals surface area (Å²) in [4.78, 5) is 26.9. The molecule has 0 bridgehead atoms. The molecule has 0 spiro atoms. The van der Waals surface area contributed by atoms with Crippen molar-refractivity contribution in [3.8, 4) is 11.1 Å². The number of allylic oxidation sites excluding steroid dienone is 1. The Bertz CT molecular complexity index is 1250. The predicted molar refractivity (Wildman–Crippen MR) is 137 cm³/mol. The molecule has 1 atom stereocenters. The minimum Gasteiger partial charge on any atom is -0.466 e. The lowest BCUT2D eigenvalue weighted by molar-refractivity contribution is -0.136. The maximum Gasteiger partial charge on any atom is 0.337 e. The summed E-state index contributed by atoms with van der Waals surface area (Å²) in [6.45, 7) is 1.84. The summed E-state index contributed by atoms with van der Waals surface area (Å²) in [5.41, 5.74) is 5.43. The van der Waals surface area contributed by atoms with Gasteiger partial charge >= 0.3 is 5.97 Å². The molecule has 1 aliphatic rings. The molecule has 7 heteroatoms. The monoisotopic (exact) mass is 471 g/mol. The first-order valence-corrected chi connectivity index (χ1v) is 11.2. The van der Waals surface area contributed by atoms with E-state index in [1.165, 1.54) is 7.11 Å². The smallest absolute Gasteiger partial charge is 0.337 e. The van der Waals surface area contributed by atoms with Crippen LogP contribution in [0.3, 0.4) is 0 Å². The van der Waals surface area contributed by atoms with Gasteiger partial charge in [0.1, 0.15) is 0 Å². The van der Waals surface area contributed by atoms with Gasteiger partial charge in [-0.2, -0.15) is 0 Å². The molecular formula is C27H25N3O3S. The summed E-state index contributed by atoms with van der Waals surface area (Å²) in [5, 5.41) is 6.63. The standard InChI is InChI=1S/C27H25N3O3S/c1-17-23(26(32)33-3)24(29-27(34)30(17)2)20-13-15-22(16-14-20)28-25(31)21-11-9-19(10-12-21)18-7-5-4-6-8-18/h4-16,24H,1-3H3,(H,28,31)(H,29,34). The van der Waals surface area contributed by atoms with Gasteiger partial charge in [0.25, 0.3) is 5.91 Å². The van der Waals surface area contributed by atoms with Crippen molar-refractivity contribution in [1.82, 2.24) is 10.2 Å². The third-order valence-electron chi connectivity index (χ3n) is 5.92. The van der Waals surface area contributed by atoms with Gasteiger partial charge in [-0.25, -0.2) is 4.79 Å². The van der Waals surface area contributed by atoms with E-state index in [0.29, 0.717) is 21.9 Å². The van der Waals surface area contributed by atoms with Crippen LogP contribution in [0, 0.1) is 0 Å². The average molecular weight is 472 g/mol. The second kappa shape index (κ2) is 9.89. The van der Waals surface area contributed by atoms with E-state index < -0.39 is 12.0 Å². The summed E-state index contributed by atoms with van der Waals surface area (Å²) < 4.78 is 4.99. The number of hydrogen-bond acceptors (Lipinski definition) is 4. The number of amides is 1. The molecule has 0 radical (unpaired) electrons. The van der Waals surface area contributed by atoms with E-state index in [2.05, 4.69) is 10.6 Å². The number of methoxy groups -OCH3 is 1. The van der Waals surface area contributed by atoms with Crippen LogP contribution in [0.2, 0.25) is 0 Å². The number of nitrogens with one attached hydrogen (secondary N) is 2. The average Bonchev–Trinajstić information content (AvgIpc) is 2.87. The molecule has 4 rings (SSSR count). The van der Waals surface area contributed by atoms with Gasteiger partial charge in [0.2, 0.25) is 0 Å². The second-order valence-corrected chi connectivity index (χ2v) is 8.34. The Morgan fingerprint density at radius 1 is 0.941 bits per heavy atom. The van der Waals surface area contributed by atoms with Crippen molar-refractivity contribution < 1.29 is 14.3 Å². The molecule has 2 N–H and O–H groups in total. The van der Waals surface area contributed by atoms with Crippen LogP contribution in [0.5, 0.6) is 0 Å². The number of ether oxygens (including phenoxy) is 1. The summed E-state index contributed by atoms with van der Waals surface area (Å²) in [7, 11) is 3.16. The van der Waals surface area contributed by atoms with Crippen LogP contribution in [0.4, 0.5) is 5.69 Å². The van der Waals surface area contributed by atoms with Crippen molar-refractivity contribution in [3.05, 3.63) is 101 Å². The van der Waals surface area contributed by atoms with Crippen LogP contribution in [-0.4, -0.2) is 36.0 Å². The SMILES string of the molecule is COC(=O)C1=C(C)N(C)C(=S)NC1c1ccc(NC(=O)c2ccc(-c3ccccc3)cc2)cc1. The highest BCUT2D eigenvalue weighted by Gasteiger charge is 2.33. The van der Waals surface area contributed by atoms with Gasteiger partial charge in [-0.15, -0.1) is 0 Å². The van der Waals surface area contributed by atoms with Crippen molar-refractivity contribution in [1.29, 1.82) is 0 Å². The lowest BCUT2D eigenvalue weighted by atomic mass is 9.95. The molecule has 3 aromatic rings. The van der Waals surface area contributed by atoms with Crippen LogP contribution < -0.4 is 10.6 Å². The van der Waals surface area contributed by atoms with E-state index in [1.54, 1.807) is 24.1 Å². The minimum absolute atomic E-state index is 0.197. The van der Waals surface area contributed by atoms with Crippen molar-refractivity contribution in [2.75, 3.05) is 19.5 Å². The van der Waals surface area contributed by atoms with Crippen LogP contribution in [0.1, 0.15) is 28.9 Å². The van der Waals surface area contributed by atoms with E-state index in [9.17, 15) is 9.59 Å². The number of esters is 1. The first kappa shape index (κ1) is 23.2. The van der Waals surface area contributed by atoms with Gasteiger partial charge in [-0.3, -0.25) is 4.79 Å². The quantitative estimate of drug-likeness (QED) is 0.407. The van der Waals surface area contributed by atoms with Crippen molar-refractivity contribution >= 4 is 34.9 Å². The molecule has 0 saturated carbocycles. The van der Waals surface area contributed by atoms with E-state index in [-0.39, 0.29) is 5.91 Å². The minimum atomic E-state index is -0.438. The molecule has 0 saturated heterocycles. The Kier molecular flexibility index (Phi) is 6.75. The number of rotatable bonds is 5. The summed E-state index contributed by atoms with van der Waals surface area (Å²) in [6.07, 6.45) is 0. The lowest BCUT2D eigenvalue weighted by Gasteiger charge is -2.35. The number of anilines is 1. The Hall–Kier alpha value is -3.97. The third kappa shape index (κ3) is 4.70. The fourth-order valence-electron chi connectivity index (χ4n) is 3.87. The number of nitrogens with zero attached hydrogens (tertiary/aromatic N) is 1. The zero-order valence-electron chi connectivity index (χ0n) is 19.2. The molecule has 1 amide bonds. The second-order valence-electron chi connectivity index (χ2n) is 7.95. The molecule has 0 fully saturated rings. The highest BCUT2D eigenvalue weighted by Crippen LogP contribution is 2.31. The van der Waals surface area contributed by atoms with Crippen LogP contribution in [0.25, 0.3) is 11.1 Å². The zero-order valence-corrected chi connectivity index (χ0v) is 20.0. The number of hydrogen-bond donors (Lipinski definition) is 2. The van der Waals surface area contributed by atoms with Gasteiger partial charge < -0.3 is 20.3 Å². The summed E-state index contributed by atoms with van der Waals surface area (Å²) >= 11 is 5.41. The van der Waals surface area contributed by atoms with Gasteiger partial charge in [-0.1, -0.05) is 54.6 Å². The van der Waals surface area contributed by atoms with Crippen molar-refractivity contribution in [3.63, 3.8) is 0 Å². The number of benzene rings is 3. The topological polar surface area (TPSA) is 70.7 Å². The number of thiocarbonyl (C=S) groups is 1. The Morgan fingerprint density at radius 2 is 1.56 bits per heavy atom. The van der Waals surface area contributed by atoms with Crippen LogP contribution in [0.15, 0.2) is 90.1 Å². The van der Waals surface area contributed by atoms with E-state index in [0.717, 1.165) is 22.4 Å².